The van der Waals surface area contributed by atoms with Gasteiger partial charge in [0.2, 0.25) is 0 Å². The minimum atomic E-state index is -4.35. The van der Waals surface area contributed by atoms with E-state index in [4.69, 9.17) is 0 Å². The summed E-state index contributed by atoms with van der Waals surface area (Å²) in [4.78, 5) is 0. The molecule has 0 bridgehead atoms. The van der Waals surface area contributed by atoms with Crippen molar-refractivity contribution in [3.8, 4) is 0 Å². The predicted molar refractivity (Wildman–Crippen MR) is 60.8 cm³/mol. The van der Waals surface area contributed by atoms with Gasteiger partial charge in [-0.3, -0.25) is 0 Å². The Kier molecular flexibility index (Phi) is 5.18. The molecule has 13 heteroatoms. The molecule has 0 N–H and O–H groups in total. The summed E-state index contributed by atoms with van der Waals surface area (Å²) in [5, 5.41) is 5.71. The van der Waals surface area contributed by atoms with Gasteiger partial charge < -0.3 is 9.11 Å². The van der Waals surface area contributed by atoms with Gasteiger partial charge in [-0.15, -0.1) is 10.2 Å². The Morgan fingerprint density at radius 2 is 1.29 bits per heavy atom. The molecule has 0 aliphatic heterocycles. The van der Waals surface area contributed by atoms with Crippen LogP contribution in [-0.4, -0.2) is 46.3 Å². The molecule has 0 saturated heterocycles. The van der Waals surface area contributed by atoms with Gasteiger partial charge in [-0.05, 0) is 0 Å². The summed E-state index contributed by atoms with van der Waals surface area (Å²) >= 11 is 2.28. The average molecular weight is 336 g/mol. The smallest absolute Gasteiger partial charge is 0.176 e. The maximum atomic E-state index is 10.3. The number of hydrogen-bond acceptors (Lipinski definition) is 11. The summed E-state index contributed by atoms with van der Waals surface area (Å²) in [5.41, 5.74) is 0. The molecular weight excluding hydrogens is 332 g/mol. The maximum Gasteiger partial charge on any atom is 0.176 e. The maximum absolute atomic E-state index is 10.3. The highest BCUT2D eigenvalue weighted by Gasteiger charge is 2.08. The normalized spacial score (nSPS) is 12.8. The van der Waals surface area contributed by atoms with Crippen LogP contribution in [0.25, 0.3) is 0 Å². The predicted octanol–water partition coefficient (Wildman–Crippen LogP) is -0.272. The van der Waals surface area contributed by atoms with Gasteiger partial charge in [0.25, 0.3) is 0 Å². The molecule has 0 atom stereocenters. The molecule has 0 unspecified atom stereocenters. The molecular formula is C4H4N2O6S5-2. The first kappa shape index (κ1) is 15.1. The Balaban J connectivity index is 2.54. The SMILES string of the molecule is O=S(=O)([O-])CSc1nnc(SCS(=O)(=O)[O-])s1. The fourth-order valence-corrected chi connectivity index (χ4v) is 5.00. The Morgan fingerprint density at radius 3 is 1.59 bits per heavy atom. The van der Waals surface area contributed by atoms with Crippen LogP contribution in [0.2, 0.25) is 0 Å². The molecule has 0 fully saturated rings. The van der Waals surface area contributed by atoms with Crippen molar-refractivity contribution in [3.63, 3.8) is 0 Å². The minimum absolute atomic E-state index is 0.218. The second-order valence-electron chi connectivity index (χ2n) is 2.47. The Hall–Kier alpha value is 0.0800. The summed E-state index contributed by atoms with van der Waals surface area (Å²) in [6, 6.07) is 0. The lowest BCUT2D eigenvalue weighted by molar-refractivity contribution is 0.466. The van der Waals surface area contributed by atoms with Crippen molar-refractivity contribution in [1.29, 1.82) is 0 Å². The van der Waals surface area contributed by atoms with E-state index in [9.17, 15) is 25.9 Å². The quantitative estimate of drug-likeness (QED) is 0.503. The van der Waals surface area contributed by atoms with E-state index in [1.165, 1.54) is 0 Å². The van der Waals surface area contributed by atoms with Gasteiger partial charge in [0.1, 0.15) is 20.2 Å². The minimum Gasteiger partial charge on any atom is -0.747 e. The Bertz CT molecular complexity index is 525. The lowest BCUT2D eigenvalue weighted by Crippen LogP contribution is -1.99. The van der Waals surface area contributed by atoms with E-state index < -0.39 is 30.4 Å². The molecule has 0 spiro atoms. The van der Waals surface area contributed by atoms with Crippen LogP contribution < -0.4 is 0 Å². The van der Waals surface area contributed by atoms with E-state index in [-0.39, 0.29) is 8.68 Å². The van der Waals surface area contributed by atoms with Gasteiger partial charge >= 0.3 is 0 Å². The molecule has 0 amide bonds. The highest BCUT2D eigenvalue weighted by Crippen LogP contribution is 2.29. The largest absolute Gasteiger partial charge is 0.747 e. The zero-order chi connectivity index (χ0) is 13.1. The number of rotatable bonds is 6. The van der Waals surface area contributed by atoms with Gasteiger partial charge in [0.15, 0.2) is 8.68 Å². The molecule has 0 saturated carbocycles. The van der Waals surface area contributed by atoms with Gasteiger partial charge in [-0.25, -0.2) is 16.8 Å². The zero-order valence-electron chi connectivity index (χ0n) is 7.80. The third-order valence-corrected chi connectivity index (χ3v) is 6.67. The molecule has 0 aliphatic rings. The van der Waals surface area contributed by atoms with Crippen LogP contribution in [0.15, 0.2) is 8.68 Å². The van der Waals surface area contributed by atoms with Crippen LogP contribution >= 0.6 is 34.9 Å². The third kappa shape index (κ3) is 7.17. The van der Waals surface area contributed by atoms with Crippen molar-refractivity contribution in [2.75, 3.05) is 10.2 Å². The first-order valence-electron chi connectivity index (χ1n) is 3.62. The highest BCUT2D eigenvalue weighted by molar-refractivity contribution is 8.13. The molecule has 0 aromatic carbocycles. The molecule has 0 radical (unpaired) electrons. The average Bonchev–Trinajstić information content (AvgIpc) is 2.57. The van der Waals surface area contributed by atoms with Crippen LogP contribution in [-0.2, 0) is 20.2 Å². The van der Waals surface area contributed by atoms with Crippen LogP contribution in [0.1, 0.15) is 0 Å². The van der Waals surface area contributed by atoms with Crippen molar-refractivity contribution in [2.24, 2.45) is 0 Å². The Morgan fingerprint density at radius 1 is 0.941 bits per heavy atom. The molecule has 1 aromatic rings. The van der Waals surface area contributed by atoms with Crippen molar-refractivity contribution < 1.29 is 25.9 Å². The first-order valence-corrected chi connectivity index (χ1v) is 9.56. The molecule has 98 valence electrons. The summed E-state index contributed by atoms with van der Waals surface area (Å²) in [5.74, 6) is 0. The van der Waals surface area contributed by atoms with Crippen molar-refractivity contribution in [3.05, 3.63) is 0 Å². The lowest BCUT2D eigenvalue weighted by atomic mass is 11.5. The molecule has 0 aliphatic carbocycles. The number of nitrogens with zero attached hydrogens (tertiary/aromatic N) is 2. The number of thioether (sulfide) groups is 2. The molecule has 1 aromatic heterocycles. The van der Waals surface area contributed by atoms with Crippen LogP contribution in [0.5, 0.6) is 0 Å². The Labute approximate surface area is 110 Å². The topological polar surface area (TPSA) is 140 Å². The zero-order valence-corrected chi connectivity index (χ0v) is 11.9. The second kappa shape index (κ2) is 5.81. The van der Waals surface area contributed by atoms with Gasteiger partial charge in [0.05, 0.1) is 10.2 Å². The second-order valence-corrected chi connectivity index (χ2v) is 9.44. The van der Waals surface area contributed by atoms with Crippen LogP contribution in [0.4, 0.5) is 0 Å². The molecule has 17 heavy (non-hydrogen) atoms. The van der Waals surface area contributed by atoms with Gasteiger partial charge in [-0.2, -0.15) is 0 Å². The van der Waals surface area contributed by atoms with Crippen molar-refractivity contribution in [1.82, 2.24) is 10.2 Å². The summed E-state index contributed by atoms with van der Waals surface area (Å²) < 4.78 is 62.4. The third-order valence-electron chi connectivity index (χ3n) is 1.04. The monoisotopic (exact) mass is 336 g/mol. The van der Waals surface area contributed by atoms with E-state index in [0.717, 1.165) is 11.3 Å². The lowest BCUT2D eigenvalue weighted by Gasteiger charge is -2.03. The van der Waals surface area contributed by atoms with Gasteiger partial charge in [-0.1, -0.05) is 34.9 Å². The standard InChI is InChI=1S/C4H6N2O6S5/c7-16(8,9)1-13-3-5-6-4(15-3)14-2-17(10,11)12/h1-2H2,(H,7,8,9)(H,10,11,12)/p-2. The van der Waals surface area contributed by atoms with E-state index in [1.807, 2.05) is 0 Å². The van der Waals surface area contributed by atoms with E-state index in [1.54, 1.807) is 0 Å². The van der Waals surface area contributed by atoms with Gasteiger partial charge in [0, 0.05) is 0 Å². The molecule has 8 nitrogen and oxygen atoms in total. The number of hydrogen-bond donors (Lipinski definition) is 0. The summed E-state index contributed by atoms with van der Waals surface area (Å²) in [6.45, 7) is 0. The fourth-order valence-electron chi connectivity index (χ4n) is 0.559. The summed E-state index contributed by atoms with van der Waals surface area (Å²) in [7, 11) is -8.70. The first-order chi connectivity index (χ1) is 7.66. The molecule has 1 heterocycles. The van der Waals surface area contributed by atoms with E-state index in [2.05, 4.69) is 10.2 Å². The van der Waals surface area contributed by atoms with E-state index >= 15 is 0 Å². The highest BCUT2D eigenvalue weighted by atomic mass is 32.3. The van der Waals surface area contributed by atoms with E-state index in [0.29, 0.717) is 23.5 Å². The summed E-state index contributed by atoms with van der Waals surface area (Å²) in [6.07, 6.45) is 0. The van der Waals surface area contributed by atoms with Crippen molar-refractivity contribution >= 4 is 55.1 Å². The molecule has 1 rings (SSSR count). The van der Waals surface area contributed by atoms with Crippen LogP contribution in [0, 0.1) is 0 Å². The fraction of sp³-hybridized carbons (Fsp3) is 0.500. The number of aromatic nitrogens is 2. The van der Waals surface area contributed by atoms with Crippen LogP contribution in [0.3, 0.4) is 0 Å². The van der Waals surface area contributed by atoms with Crippen molar-refractivity contribution in [2.45, 2.75) is 8.68 Å².